The maximum absolute atomic E-state index is 13.2. The van der Waals surface area contributed by atoms with Gasteiger partial charge >= 0.3 is 5.97 Å². The number of nitrogens with two attached hydrogens (primary N) is 1. The highest BCUT2D eigenvalue weighted by Gasteiger charge is 2.32. The largest absolute Gasteiger partial charge is 0.508 e. The first kappa shape index (κ1) is 28.7. The molecule has 196 valence electrons. The standard InChI is InChI=1S/C23H32N6O6S/c1-12(2)19(29-20(31)16(24)10-36)22(33)27-17(7-13-3-5-15(30)6-4-13)21(32)28-18(23(34)35)8-14-9-25-11-26-14/h3-6,9,11-12,16-19,30,36H,7-8,10,24H2,1-2H3,(H,25,26)(H,27,33)(H,28,32)(H,29,31)(H,34,35). The number of nitrogens with zero attached hydrogens (tertiary/aromatic N) is 1. The van der Waals surface area contributed by atoms with Crippen molar-refractivity contribution in [2.75, 3.05) is 5.75 Å². The maximum atomic E-state index is 13.2. The Balaban J connectivity index is 2.24. The molecule has 0 aliphatic heterocycles. The highest BCUT2D eigenvalue weighted by molar-refractivity contribution is 7.80. The van der Waals surface area contributed by atoms with E-state index in [0.717, 1.165) is 0 Å². The second-order valence-electron chi connectivity index (χ2n) is 8.63. The van der Waals surface area contributed by atoms with Gasteiger partial charge in [-0.15, -0.1) is 0 Å². The van der Waals surface area contributed by atoms with Crippen molar-refractivity contribution in [1.82, 2.24) is 25.9 Å². The quantitative estimate of drug-likeness (QED) is 0.159. The molecule has 0 spiro atoms. The number of hydrogen-bond donors (Lipinski definition) is 8. The number of phenolic OH excluding ortho intramolecular Hbond substituents is 1. The molecule has 2 aromatic rings. The molecule has 0 saturated heterocycles. The predicted octanol–water partition coefficient (Wildman–Crippen LogP) is -0.647. The van der Waals surface area contributed by atoms with Gasteiger partial charge in [-0.05, 0) is 23.6 Å². The van der Waals surface area contributed by atoms with Crippen LogP contribution < -0.4 is 21.7 Å². The summed E-state index contributed by atoms with van der Waals surface area (Å²) in [5.74, 6) is -3.43. The van der Waals surface area contributed by atoms with Gasteiger partial charge in [-0.3, -0.25) is 14.4 Å². The lowest BCUT2D eigenvalue weighted by molar-refractivity contribution is -0.142. The van der Waals surface area contributed by atoms with Crippen LogP contribution in [0, 0.1) is 5.92 Å². The second-order valence-corrected chi connectivity index (χ2v) is 9.00. The van der Waals surface area contributed by atoms with Gasteiger partial charge < -0.3 is 36.9 Å². The average molecular weight is 521 g/mol. The zero-order valence-electron chi connectivity index (χ0n) is 20.0. The Kier molecular flexibility index (Phi) is 10.7. The lowest BCUT2D eigenvalue weighted by atomic mass is 10.00. The molecule has 4 atom stereocenters. The summed E-state index contributed by atoms with van der Waals surface area (Å²) < 4.78 is 0. The van der Waals surface area contributed by atoms with E-state index in [4.69, 9.17) is 5.73 Å². The smallest absolute Gasteiger partial charge is 0.326 e. The first-order valence-electron chi connectivity index (χ1n) is 11.3. The van der Waals surface area contributed by atoms with Crippen LogP contribution >= 0.6 is 12.6 Å². The molecule has 36 heavy (non-hydrogen) atoms. The number of carboxylic acids is 1. The molecule has 0 fully saturated rings. The molecule has 4 unspecified atom stereocenters. The Hall–Kier alpha value is -3.58. The third-order valence-corrected chi connectivity index (χ3v) is 5.78. The fourth-order valence-corrected chi connectivity index (χ4v) is 3.47. The van der Waals surface area contributed by atoms with Crippen molar-refractivity contribution in [3.63, 3.8) is 0 Å². The highest BCUT2D eigenvalue weighted by Crippen LogP contribution is 2.13. The molecular formula is C23H32N6O6S. The summed E-state index contributed by atoms with van der Waals surface area (Å²) >= 11 is 3.99. The van der Waals surface area contributed by atoms with E-state index in [1.54, 1.807) is 26.0 Å². The molecule has 0 radical (unpaired) electrons. The molecule has 3 amide bonds. The molecule has 8 N–H and O–H groups in total. The number of amides is 3. The summed E-state index contributed by atoms with van der Waals surface area (Å²) in [5, 5.41) is 26.8. The molecule has 0 bridgehead atoms. The summed E-state index contributed by atoms with van der Waals surface area (Å²) in [6.45, 7) is 3.44. The molecule has 12 nitrogen and oxygen atoms in total. The van der Waals surface area contributed by atoms with Gasteiger partial charge in [-0.25, -0.2) is 9.78 Å². The molecule has 2 rings (SSSR count). The average Bonchev–Trinajstić information content (AvgIpc) is 3.35. The monoisotopic (exact) mass is 520 g/mol. The topological polar surface area (TPSA) is 200 Å². The number of imidazole rings is 1. The fraction of sp³-hybridized carbons (Fsp3) is 0.435. The van der Waals surface area contributed by atoms with Crippen LogP contribution in [0.1, 0.15) is 25.1 Å². The van der Waals surface area contributed by atoms with Crippen molar-refractivity contribution in [3.8, 4) is 5.75 Å². The number of phenols is 1. The molecule has 1 aromatic carbocycles. The lowest BCUT2D eigenvalue weighted by Gasteiger charge is -2.27. The molecule has 1 heterocycles. The van der Waals surface area contributed by atoms with Gasteiger partial charge in [0, 0.05) is 30.5 Å². The van der Waals surface area contributed by atoms with Gasteiger partial charge in [0.2, 0.25) is 17.7 Å². The minimum atomic E-state index is -1.29. The van der Waals surface area contributed by atoms with Gasteiger partial charge in [-0.2, -0.15) is 12.6 Å². The molecule has 0 aliphatic carbocycles. The van der Waals surface area contributed by atoms with Crippen molar-refractivity contribution in [1.29, 1.82) is 0 Å². The molecule has 13 heteroatoms. The number of rotatable bonds is 13. The van der Waals surface area contributed by atoms with E-state index in [1.807, 2.05) is 0 Å². The minimum absolute atomic E-state index is 0.00314. The number of hydrogen-bond acceptors (Lipinski definition) is 8. The number of nitrogens with one attached hydrogen (secondary N) is 4. The Morgan fingerprint density at radius 2 is 1.64 bits per heavy atom. The number of aromatic amines is 1. The Morgan fingerprint density at radius 1 is 1.00 bits per heavy atom. The number of carbonyl (C=O) groups excluding carboxylic acids is 3. The van der Waals surface area contributed by atoms with Crippen LogP contribution in [0.3, 0.4) is 0 Å². The normalized spacial score (nSPS) is 14.4. The van der Waals surface area contributed by atoms with Crippen molar-refractivity contribution in [2.45, 2.75) is 50.9 Å². The first-order chi connectivity index (χ1) is 17.0. The Morgan fingerprint density at radius 3 is 2.17 bits per heavy atom. The van der Waals surface area contributed by atoms with Gasteiger partial charge in [0.25, 0.3) is 0 Å². The lowest BCUT2D eigenvalue weighted by Crippen LogP contribution is -2.59. The summed E-state index contributed by atoms with van der Waals surface area (Å²) in [7, 11) is 0. The van der Waals surface area contributed by atoms with Crippen molar-refractivity contribution >= 4 is 36.3 Å². The second kappa shape index (κ2) is 13.5. The van der Waals surface area contributed by atoms with Crippen LogP contribution in [0.15, 0.2) is 36.8 Å². The number of aliphatic carboxylic acids is 1. The number of H-pyrrole nitrogens is 1. The number of benzene rings is 1. The van der Waals surface area contributed by atoms with Crippen molar-refractivity contribution < 1.29 is 29.4 Å². The maximum Gasteiger partial charge on any atom is 0.326 e. The highest BCUT2D eigenvalue weighted by atomic mass is 32.1. The molecule has 0 saturated carbocycles. The Labute approximate surface area is 213 Å². The van der Waals surface area contributed by atoms with Crippen LogP contribution in [0.2, 0.25) is 0 Å². The van der Waals surface area contributed by atoms with Gasteiger partial charge in [0.1, 0.15) is 23.9 Å². The molecule has 1 aromatic heterocycles. The third-order valence-electron chi connectivity index (χ3n) is 5.38. The van der Waals surface area contributed by atoms with E-state index in [2.05, 4.69) is 38.5 Å². The van der Waals surface area contributed by atoms with Crippen LogP contribution in [0.4, 0.5) is 0 Å². The van der Waals surface area contributed by atoms with E-state index in [0.29, 0.717) is 11.3 Å². The van der Waals surface area contributed by atoms with E-state index in [1.165, 1.54) is 24.7 Å². The third kappa shape index (κ3) is 8.57. The van der Waals surface area contributed by atoms with Gasteiger partial charge in [-0.1, -0.05) is 26.0 Å². The molecular weight excluding hydrogens is 488 g/mol. The summed E-state index contributed by atoms with van der Waals surface area (Å²) in [6.07, 6.45) is 2.80. The number of carboxylic acid groups (broad SMARTS) is 1. The number of aromatic nitrogens is 2. The van der Waals surface area contributed by atoms with Crippen LogP contribution in [0.25, 0.3) is 0 Å². The summed E-state index contributed by atoms with van der Waals surface area (Å²) in [4.78, 5) is 57.0. The van der Waals surface area contributed by atoms with Gasteiger partial charge in [0.05, 0.1) is 12.4 Å². The number of aromatic hydroxyl groups is 1. The summed E-state index contributed by atoms with van der Waals surface area (Å²) in [6, 6.07) is 1.63. The van der Waals surface area contributed by atoms with E-state index in [-0.39, 0.29) is 30.3 Å². The fourth-order valence-electron chi connectivity index (χ4n) is 3.31. The SMILES string of the molecule is CC(C)C(NC(=O)C(N)CS)C(=O)NC(Cc1ccc(O)cc1)C(=O)NC(Cc1cnc[nH]1)C(=O)O. The Bertz CT molecular complexity index is 1030. The predicted molar refractivity (Wildman–Crippen MR) is 134 cm³/mol. The summed E-state index contributed by atoms with van der Waals surface area (Å²) in [5.41, 5.74) is 6.81. The van der Waals surface area contributed by atoms with Crippen molar-refractivity contribution in [2.24, 2.45) is 11.7 Å². The molecule has 0 aliphatic rings. The zero-order valence-corrected chi connectivity index (χ0v) is 20.9. The van der Waals surface area contributed by atoms with Crippen LogP contribution in [-0.4, -0.2) is 73.8 Å². The zero-order chi connectivity index (χ0) is 26.8. The number of carbonyl (C=O) groups is 4. The van der Waals surface area contributed by atoms with E-state index < -0.39 is 47.9 Å². The first-order valence-corrected chi connectivity index (χ1v) is 11.9. The van der Waals surface area contributed by atoms with E-state index in [9.17, 15) is 29.4 Å². The van der Waals surface area contributed by atoms with Crippen molar-refractivity contribution in [3.05, 3.63) is 48.0 Å². The van der Waals surface area contributed by atoms with Crippen LogP contribution in [0.5, 0.6) is 5.75 Å². The van der Waals surface area contributed by atoms with Gasteiger partial charge in [0.15, 0.2) is 0 Å². The van der Waals surface area contributed by atoms with E-state index >= 15 is 0 Å². The minimum Gasteiger partial charge on any atom is -0.508 e. The number of thiol groups is 1. The van der Waals surface area contributed by atoms with Crippen LogP contribution in [-0.2, 0) is 32.0 Å².